The van der Waals surface area contributed by atoms with E-state index < -0.39 is 0 Å². The van der Waals surface area contributed by atoms with E-state index in [1.54, 1.807) is 24.1 Å². The molecule has 0 aromatic heterocycles. The average Bonchev–Trinajstić information content (AvgIpc) is 2.98. The molecule has 30 heavy (non-hydrogen) atoms. The maximum atomic E-state index is 12.9. The molecule has 2 aliphatic heterocycles. The van der Waals surface area contributed by atoms with Gasteiger partial charge in [0.1, 0.15) is 0 Å². The van der Waals surface area contributed by atoms with Crippen molar-refractivity contribution >= 4 is 35.2 Å². The minimum absolute atomic E-state index is 0.0321. The Bertz CT molecular complexity index is 836. The number of amides is 4. The number of ether oxygens (including phenoxy) is 1. The van der Waals surface area contributed by atoms with Gasteiger partial charge in [-0.2, -0.15) is 0 Å². The Balaban J connectivity index is 1.62. The molecule has 1 N–H and O–H groups in total. The molecular weight excluding hydrogens is 410 g/mol. The summed E-state index contributed by atoms with van der Waals surface area (Å²) in [6.45, 7) is 1.77. The molecule has 2 aliphatic rings. The van der Waals surface area contributed by atoms with Crippen LogP contribution in [0.5, 0.6) is 0 Å². The molecule has 0 bridgehead atoms. The quantitative estimate of drug-likeness (QED) is 0.380. The van der Waals surface area contributed by atoms with Gasteiger partial charge in [-0.3, -0.25) is 24.1 Å². The lowest BCUT2D eigenvalue weighted by molar-refractivity contribution is -0.121. The zero-order chi connectivity index (χ0) is 21.7. The SMILES string of the molecule is COCCCN1C(=O)c2ccc(C(=O)N3CCC(NC(=O)CCCl)CC3)cc2C1=O. The number of hydrogen-bond acceptors (Lipinski definition) is 5. The van der Waals surface area contributed by atoms with Gasteiger partial charge < -0.3 is 15.0 Å². The van der Waals surface area contributed by atoms with Crippen LogP contribution >= 0.6 is 11.6 Å². The molecule has 1 saturated heterocycles. The van der Waals surface area contributed by atoms with Gasteiger partial charge in [0.15, 0.2) is 0 Å². The third-order valence-corrected chi connectivity index (χ3v) is 5.61. The van der Waals surface area contributed by atoms with Gasteiger partial charge in [0, 0.05) is 57.3 Å². The molecule has 0 saturated carbocycles. The number of nitrogens with one attached hydrogen (secondary N) is 1. The number of halogens is 1. The number of methoxy groups -OCH3 is 1. The highest BCUT2D eigenvalue weighted by Crippen LogP contribution is 2.25. The maximum Gasteiger partial charge on any atom is 0.261 e. The number of imide groups is 1. The van der Waals surface area contributed by atoms with Crippen LogP contribution in [-0.2, 0) is 9.53 Å². The number of hydrogen-bond donors (Lipinski definition) is 1. The van der Waals surface area contributed by atoms with Crippen LogP contribution in [0, 0.1) is 0 Å². The predicted molar refractivity (Wildman–Crippen MR) is 111 cm³/mol. The summed E-state index contributed by atoms with van der Waals surface area (Å²) in [6.07, 6.45) is 2.17. The molecular formula is C21H26ClN3O5. The fourth-order valence-corrected chi connectivity index (χ4v) is 3.96. The van der Waals surface area contributed by atoms with E-state index >= 15 is 0 Å². The molecule has 4 amide bonds. The van der Waals surface area contributed by atoms with Gasteiger partial charge in [0.05, 0.1) is 11.1 Å². The van der Waals surface area contributed by atoms with E-state index in [9.17, 15) is 19.2 Å². The minimum atomic E-state index is -0.374. The number of alkyl halides is 1. The summed E-state index contributed by atoms with van der Waals surface area (Å²) in [6, 6.07) is 4.70. The van der Waals surface area contributed by atoms with Gasteiger partial charge in [0.2, 0.25) is 5.91 Å². The highest BCUT2D eigenvalue weighted by molar-refractivity contribution is 6.22. The molecule has 0 atom stereocenters. The molecule has 0 aliphatic carbocycles. The highest BCUT2D eigenvalue weighted by Gasteiger charge is 2.36. The number of carbonyl (C=O) groups excluding carboxylic acids is 4. The number of benzene rings is 1. The lowest BCUT2D eigenvalue weighted by Crippen LogP contribution is -2.46. The molecule has 3 rings (SSSR count). The molecule has 0 radical (unpaired) electrons. The van der Waals surface area contributed by atoms with Crippen LogP contribution in [0.4, 0.5) is 0 Å². The Morgan fingerprint density at radius 3 is 2.53 bits per heavy atom. The molecule has 2 heterocycles. The first-order valence-corrected chi connectivity index (χ1v) is 10.6. The third kappa shape index (κ3) is 4.82. The topological polar surface area (TPSA) is 96.0 Å². The van der Waals surface area contributed by atoms with E-state index in [1.807, 2.05) is 0 Å². The number of rotatable bonds is 8. The second-order valence-electron chi connectivity index (χ2n) is 7.44. The van der Waals surface area contributed by atoms with Crippen molar-refractivity contribution in [2.45, 2.75) is 31.7 Å². The van der Waals surface area contributed by atoms with Crippen LogP contribution in [0.15, 0.2) is 18.2 Å². The summed E-state index contributed by atoms with van der Waals surface area (Å²) in [4.78, 5) is 52.6. The largest absolute Gasteiger partial charge is 0.385 e. The van der Waals surface area contributed by atoms with Gasteiger partial charge in [0.25, 0.3) is 17.7 Å². The summed E-state index contributed by atoms with van der Waals surface area (Å²) >= 11 is 5.58. The van der Waals surface area contributed by atoms with Crippen molar-refractivity contribution in [3.63, 3.8) is 0 Å². The van der Waals surface area contributed by atoms with Crippen LogP contribution < -0.4 is 5.32 Å². The number of fused-ring (bicyclic) bond motifs is 1. The van der Waals surface area contributed by atoms with Crippen molar-refractivity contribution in [2.75, 3.05) is 39.2 Å². The summed E-state index contributed by atoms with van der Waals surface area (Å²) in [5.74, 6) is -0.680. The van der Waals surface area contributed by atoms with Gasteiger partial charge in [-0.25, -0.2) is 0 Å². The standard InChI is InChI=1S/C21H26ClN3O5/c1-30-12-2-9-25-20(28)16-4-3-14(13-17(16)21(25)29)19(27)24-10-6-15(7-11-24)23-18(26)5-8-22/h3-4,13,15H,2,5-12H2,1H3,(H,23,26). The van der Waals surface area contributed by atoms with E-state index in [2.05, 4.69) is 5.32 Å². The van der Waals surface area contributed by atoms with Gasteiger partial charge >= 0.3 is 0 Å². The first-order valence-electron chi connectivity index (χ1n) is 10.1. The molecule has 0 unspecified atom stereocenters. The molecule has 9 heteroatoms. The Hall–Kier alpha value is -2.45. The molecule has 8 nitrogen and oxygen atoms in total. The van der Waals surface area contributed by atoms with Crippen LogP contribution in [0.2, 0.25) is 0 Å². The van der Waals surface area contributed by atoms with E-state index in [1.165, 1.54) is 11.0 Å². The second-order valence-corrected chi connectivity index (χ2v) is 7.82. The molecule has 1 aromatic carbocycles. The van der Waals surface area contributed by atoms with Gasteiger partial charge in [-0.1, -0.05) is 0 Å². The Kier molecular flexibility index (Phi) is 7.44. The Morgan fingerprint density at radius 1 is 1.17 bits per heavy atom. The van der Waals surface area contributed by atoms with E-state index in [-0.39, 0.29) is 54.1 Å². The van der Waals surface area contributed by atoms with E-state index in [0.717, 1.165) is 0 Å². The predicted octanol–water partition coefficient (Wildman–Crippen LogP) is 1.67. The monoisotopic (exact) mass is 435 g/mol. The molecule has 0 spiro atoms. The normalized spacial score (nSPS) is 16.7. The Labute approximate surface area is 180 Å². The lowest BCUT2D eigenvalue weighted by Gasteiger charge is -2.32. The van der Waals surface area contributed by atoms with Gasteiger partial charge in [-0.15, -0.1) is 11.6 Å². The first-order chi connectivity index (χ1) is 14.5. The van der Waals surface area contributed by atoms with Crippen LogP contribution in [0.25, 0.3) is 0 Å². The number of piperidine rings is 1. The zero-order valence-corrected chi connectivity index (χ0v) is 17.7. The van der Waals surface area contributed by atoms with Crippen molar-refractivity contribution in [1.29, 1.82) is 0 Å². The number of likely N-dealkylation sites (tertiary alicyclic amines) is 1. The zero-order valence-electron chi connectivity index (χ0n) is 17.0. The van der Waals surface area contributed by atoms with Crippen LogP contribution in [0.3, 0.4) is 0 Å². The fraction of sp³-hybridized carbons (Fsp3) is 0.524. The summed E-state index contributed by atoms with van der Waals surface area (Å²) < 4.78 is 4.98. The maximum absolute atomic E-state index is 12.9. The second kappa shape index (κ2) is 10.0. The van der Waals surface area contributed by atoms with E-state index in [4.69, 9.17) is 16.3 Å². The number of carbonyl (C=O) groups is 4. The molecule has 1 fully saturated rings. The van der Waals surface area contributed by atoms with Gasteiger partial charge in [-0.05, 0) is 37.5 Å². The van der Waals surface area contributed by atoms with Crippen LogP contribution in [0.1, 0.15) is 56.8 Å². The third-order valence-electron chi connectivity index (χ3n) is 5.42. The smallest absolute Gasteiger partial charge is 0.261 e. The van der Waals surface area contributed by atoms with Crippen molar-refractivity contribution in [1.82, 2.24) is 15.1 Å². The summed E-state index contributed by atoms with van der Waals surface area (Å²) in [7, 11) is 1.57. The van der Waals surface area contributed by atoms with Crippen LogP contribution in [-0.4, -0.2) is 78.7 Å². The van der Waals surface area contributed by atoms with Crippen molar-refractivity contribution < 1.29 is 23.9 Å². The first kappa shape index (κ1) is 22.2. The van der Waals surface area contributed by atoms with Crippen molar-refractivity contribution in [2.24, 2.45) is 0 Å². The Morgan fingerprint density at radius 2 is 1.87 bits per heavy atom. The summed E-state index contributed by atoms with van der Waals surface area (Å²) in [5, 5.41) is 2.93. The molecule has 1 aromatic rings. The number of nitrogens with zero attached hydrogens (tertiary/aromatic N) is 2. The highest BCUT2D eigenvalue weighted by atomic mass is 35.5. The van der Waals surface area contributed by atoms with E-state index in [0.29, 0.717) is 50.1 Å². The minimum Gasteiger partial charge on any atom is -0.385 e. The lowest BCUT2D eigenvalue weighted by atomic mass is 10.0. The summed E-state index contributed by atoms with van der Waals surface area (Å²) in [5.41, 5.74) is 0.986. The van der Waals surface area contributed by atoms with Crippen molar-refractivity contribution in [3.05, 3.63) is 34.9 Å². The van der Waals surface area contributed by atoms with Crippen molar-refractivity contribution in [3.8, 4) is 0 Å². The molecule has 162 valence electrons. The fourth-order valence-electron chi connectivity index (χ4n) is 3.79. The average molecular weight is 436 g/mol.